The Hall–Kier alpha value is 0.250. The second-order valence-electron chi connectivity index (χ2n) is 0.885. The summed E-state index contributed by atoms with van der Waals surface area (Å²) in [5.74, 6) is 0. The van der Waals surface area contributed by atoms with E-state index < -0.39 is 0 Å². The second-order valence-corrected chi connectivity index (χ2v) is 1.65. The van der Waals surface area contributed by atoms with Gasteiger partial charge in [0.1, 0.15) is 4.55 Å². The fraction of sp³-hybridized carbons (Fsp3) is 1.00. The topological polar surface area (TPSA) is 54.8 Å². The maximum absolute atomic E-state index is 6.45. The van der Waals surface area contributed by atoms with Crippen molar-refractivity contribution in [3.8, 4) is 0 Å². The molecule has 0 spiro atoms. The maximum atomic E-state index is 6.45. The first-order valence-corrected chi connectivity index (χ1v) is 3.26. The van der Waals surface area contributed by atoms with E-state index in [1.54, 1.807) is 7.05 Å². The number of quaternary nitrogens is 1. The molecule has 1 atom stereocenters. The van der Waals surface area contributed by atoms with Crippen LogP contribution in [0.15, 0.2) is 5.22 Å². The Morgan fingerprint density at radius 3 is 2.57 bits per heavy atom. The van der Waals surface area contributed by atoms with Crippen molar-refractivity contribution in [2.75, 3.05) is 11.6 Å². The lowest BCUT2D eigenvalue weighted by Gasteiger charge is -2.14. The highest BCUT2D eigenvalue weighted by molar-refractivity contribution is 14.1. The lowest BCUT2D eigenvalue weighted by Crippen LogP contribution is -3.01. The van der Waals surface area contributed by atoms with Crippen molar-refractivity contribution < 1.29 is 5.12 Å². The summed E-state index contributed by atoms with van der Waals surface area (Å²) in [6.07, 6.45) is 0. The molecule has 7 heavy (non-hydrogen) atoms. The number of rotatable bonds is 3. The largest absolute Gasteiger partial charge is 0.427 e. The number of halogens is 1. The molecule has 0 rings (SSSR count). The summed E-state index contributed by atoms with van der Waals surface area (Å²) in [5, 5.41) is 3.70. The number of nitrogens with zero attached hydrogens (tertiary/aromatic N) is 2. The normalized spacial score (nSPS) is 13.4. The Morgan fingerprint density at radius 2 is 2.57 bits per heavy atom. The first-order valence-electron chi connectivity index (χ1n) is 1.74. The average molecular weight is 214 g/mol. The SMILES string of the molecule is C[N-][NH+](CI)N=N. The molecule has 4 nitrogen and oxygen atoms in total. The van der Waals surface area contributed by atoms with Crippen LogP contribution in [0, 0.1) is 5.53 Å². The third-order valence-corrected chi connectivity index (χ3v) is 1.19. The molecule has 0 saturated heterocycles. The third-order valence-electron chi connectivity index (χ3n) is 0.507. The van der Waals surface area contributed by atoms with Gasteiger partial charge in [-0.1, -0.05) is 0 Å². The summed E-state index contributed by atoms with van der Waals surface area (Å²) < 4.78 is 0.720. The van der Waals surface area contributed by atoms with Gasteiger partial charge < -0.3 is 5.43 Å². The molecule has 0 aliphatic rings. The van der Waals surface area contributed by atoms with Gasteiger partial charge in [-0.2, -0.15) is 5.53 Å². The molecule has 1 unspecified atom stereocenters. The van der Waals surface area contributed by atoms with Crippen LogP contribution in [0.2, 0.25) is 0 Å². The van der Waals surface area contributed by atoms with E-state index in [-0.39, 0.29) is 0 Å². The van der Waals surface area contributed by atoms with E-state index in [9.17, 15) is 0 Å². The number of nitrogens with one attached hydrogen (secondary N) is 2. The minimum absolute atomic E-state index is 0.584. The van der Waals surface area contributed by atoms with Crippen LogP contribution in [0.3, 0.4) is 0 Å². The van der Waals surface area contributed by atoms with Gasteiger partial charge in [-0.3, -0.25) is 0 Å². The molecular formula is C2H7IN4. The van der Waals surface area contributed by atoms with Crippen LogP contribution >= 0.6 is 22.6 Å². The average Bonchev–Trinajstić information content (AvgIpc) is 1.72. The van der Waals surface area contributed by atoms with Gasteiger partial charge in [-0.25, -0.2) is 5.12 Å². The summed E-state index contributed by atoms with van der Waals surface area (Å²) in [4.78, 5) is 0. The maximum Gasteiger partial charge on any atom is 0.144 e. The van der Waals surface area contributed by atoms with E-state index in [4.69, 9.17) is 5.53 Å². The van der Waals surface area contributed by atoms with Gasteiger partial charge in [0.15, 0.2) is 0 Å². The predicted octanol–water partition coefficient (Wildman–Crippen LogP) is 0.128. The molecule has 0 aromatic rings. The smallest absolute Gasteiger partial charge is 0.144 e. The molecule has 0 aliphatic carbocycles. The van der Waals surface area contributed by atoms with Crippen LogP contribution in [0.4, 0.5) is 0 Å². The lowest BCUT2D eigenvalue weighted by molar-refractivity contribution is -0.858. The van der Waals surface area contributed by atoms with Crippen LogP contribution < -0.4 is 5.12 Å². The molecule has 0 bridgehead atoms. The monoisotopic (exact) mass is 214 g/mol. The van der Waals surface area contributed by atoms with E-state index in [2.05, 4.69) is 33.2 Å². The molecule has 0 amide bonds. The molecule has 0 saturated carbocycles. The molecule has 0 radical (unpaired) electrons. The van der Waals surface area contributed by atoms with Gasteiger partial charge in [0.05, 0.1) is 0 Å². The Morgan fingerprint density at radius 1 is 2.00 bits per heavy atom. The van der Waals surface area contributed by atoms with E-state index in [1.807, 2.05) is 0 Å². The van der Waals surface area contributed by atoms with Gasteiger partial charge >= 0.3 is 0 Å². The second kappa shape index (κ2) is 4.41. The first-order chi connectivity index (χ1) is 3.35. The van der Waals surface area contributed by atoms with Gasteiger partial charge in [-0.15, -0.1) is 7.05 Å². The highest BCUT2D eigenvalue weighted by Crippen LogP contribution is 1.68. The van der Waals surface area contributed by atoms with Gasteiger partial charge in [0.2, 0.25) is 0 Å². The summed E-state index contributed by atoms with van der Waals surface area (Å²) in [6, 6.07) is 0. The van der Waals surface area contributed by atoms with Crippen molar-refractivity contribution in [2.45, 2.75) is 0 Å². The Balaban J connectivity index is 3.16. The van der Waals surface area contributed by atoms with Crippen LogP contribution in [0.25, 0.3) is 5.43 Å². The molecule has 0 aromatic carbocycles. The van der Waals surface area contributed by atoms with Crippen LogP contribution in [-0.2, 0) is 0 Å². The number of alkyl halides is 1. The zero-order valence-corrected chi connectivity index (χ0v) is 6.14. The van der Waals surface area contributed by atoms with Crippen LogP contribution in [-0.4, -0.2) is 11.6 Å². The molecule has 0 heterocycles. The Kier molecular flexibility index (Phi) is 4.57. The van der Waals surface area contributed by atoms with E-state index in [0.29, 0.717) is 5.12 Å². The minimum atomic E-state index is 0.584. The quantitative estimate of drug-likeness (QED) is 0.220. The van der Waals surface area contributed by atoms with Gasteiger partial charge in [0, 0.05) is 5.22 Å². The summed E-state index contributed by atoms with van der Waals surface area (Å²) in [7, 11) is 1.63. The summed E-state index contributed by atoms with van der Waals surface area (Å²) in [5.41, 5.74) is 10.1. The molecule has 42 valence electrons. The minimum Gasteiger partial charge on any atom is -0.427 e. The van der Waals surface area contributed by atoms with Crippen molar-refractivity contribution in [3.63, 3.8) is 0 Å². The highest BCUT2D eigenvalue weighted by atomic mass is 127. The Labute approximate surface area is 55.9 Å². The zero-order chi connectivity index (χ0) is 5.70. The van der Waals surface area contributed by atoms with Crippen molar-refractivity contribution in [1.82, 2.24) is 0 Å². The first kappa shape index (κ1) is 7.25. The van der Waals surface area contributed by atoms with Crippen LogP contribution in [0.1, 0.15) is 0 Å². The summed E-state index contributed by atoms with van der Waals surface area (Å²) >= 11 is 2.10. The molecule has 5 heteroatoms. The molecule has 2 N–H and O–H groups in total. The Bertz CT molecular complexity index is 51.7. The predicted molar refractivity (Wildman–Crippen MR) is 34.3 cm³/mol. The number of hydrogen-bond acceptors (Lipinski definition) is 2. The van der Waals surface area contributed by atoms with Gasteiger partial charge in [0.25, 0.3) is 0 Å². The molecule has 0 fully saturated rings. The van der Waals surface area contributed by atoms with Crippen molar-refractivity contribution in [3.05, 3.63) is 5.43 Å². The van der Waals surface area contributed by atoms with E-state index in [1.165, 1.54) is 0 Å². The zero-order valence-electron chi connectivity index (χ0n) is 3.98. The fourth-order valence-corrected chi connectivity index (χ4v) is 0.651. The van der Waals surface area contributed by atoms with E-state index in [0.717, 1.165) is 4.55 Å². The van der Waals surface area contributed by atoms with Crippen molar-refractivity contribution in [1.29, 1.82) is 5.53 Å². The molecular weight excluding hydrogens is 207 g/mol. The van der Waals surface area contributed by atoms with Crippen molar-refractivity contribution >= 4 is 22.6 Å². The molecule has 0 aromatic heterocycles. The highest BCUT2D eigenvalue weighted by Gasteiger charge is 1.84. The van der Waals surface area contributed by atoms with Crippen LogP contribution in [0.5, 0.6) is 0 Å². The van der Waals surface area contributed by atoms with Crippen molar-refractivity contribution in [2.24, 2.45) is 5.22 Å². The third kappa shape index (κ3) is 2.89. The fourth-order valence-electron chi connectivity index (χ4n) is 0.140. The van der Waals surface area contributed by atoms with Gasteiger partial charge in [-0.05, 0) is 22.6 Å². The molecule has 0 aliphatic heterocycles. The lowest BCUT2D eigenvalue weighted by atomic mass is 11.3. The van der Waals surface area contributed by atoms with E-state index >= 15 is 0 Å². The standard InChI is InChI=1S/C2H7IN4/c1-5-7(2-3)6-4/h4,7H,2H2,1H3. The summed E-state index contributed by atoms with van der Waals surface area (Å²) in [6.45, 7) is 0. The number of hydrogen-bond donors (Lipinski definition) is 2.